The third-order valence-electron chi connectivity index (χ3n) is 3.74. The van der Waals surface area contributed by atoms with Crippen molar-refractivity contribution in [3.8, 4) is 17.0 Å². The summed E-state index contributed by atoms with van der Waals surface area (Å²) in [7, 11) is 1.48. The Morgan fingerprint density at radius 3 is 2.65 bits per heavy atom. The number of pyridine rings is 1. The molecule has 0 aliphatic carbocycles. The first kappa shape index (κ1) is 16.1. The molecule has 3 nitrogen and oxygen atoms in total. The molecular weight excluding hydrogens is 331 g/mol. The molecule has 2 heterocycles. The molecule has 0 spiro atoms. The van der Waals surface area contributed by atoms with Crippen LogP contribution in [0, 0.1) is 0 Å². The first-order chi connectivity index (χ1) is 10.9. The van der Waals surface area contributed by atoms with E-state index in [-0.39, 0.29) is 13.0 Å². The Hall–Kier alpha value is -1.79. The molecule has 2 aromatic rings. The molecule has 23 heavy (non-hydrogen) atoms. The molecule has 3 rings (SSSR count). The standard InChI is InChI=1S/C16H13ClF3NO2/c1-22-15-6-13-10(7-21-15)8-23-14(16(18,19)20)4-9-2-3-11(17)5-12(9)13/h2-3,5-7,14H,4,8H2,1H3. The molecule has 0 radical (unpaired) electrons. The summed E-state index contributed by atoms with van der Waals surface area (Å²) in [4.78, 5) is 4.05. The van der Waals surface area contributed by atoms with E-state index in [0.717, 1.165) is 5.56 Å². The largest absolute Gasteiger partial charge is 0.481 e. The fraction of sp³-hybridized carbons (Fsp3) is 0.312. The Bertz CT molecular complexity index is 734. The highest BCUT2D eigenvalue weighted by Gasteiger charge is 2.41. The van der Waals surface area contributed by atoms with Crippen LogP contribution >= 0.6 is 11.6 Å². The Morgan fingerprint density at radius 2 is 1.96 bits per heavy atom. The topological polar surface area (TPSA) is 31.4 Å². The lowest BCUT2D eigenvalue weighted by Crippen LogP contribution is -2.34. The quantitative estimate of drug-likeness (QED) is 0.768. The molecule has 0 amide bonds. The van der Waals surface area contributed by atoms with Crippen molar-refractivity contribution in [3.05, 3.63) is 46.6 Å². The highest BCUT2D eigenvalue weighted by molar-refractivity contribution is 6.30. The molecule has 1 aromatic heterocycles. The highest BCUT2D eigenvalue weighted by Crippen LogP contribution is 2.37. The smallest absolute Gasteiger partial charge is 0.414 e. The number of benzene rings is 1. The maximum absolute atomic E-state index is 13.1. The number of hydrogen-bond donors (Lipinski definition) is 0. The summed E-state index contributed by atoms with van der Waals surface area (Å²) in [6, 6.07) is 6.52. The zero-order valence-electron chi connectivity index (χ0n) is 12.2. The Kier molecular flexibility index (Phi) is 4.21. The van der Waals surface area contributed by atoms with Gasteiger partial charge < -0.3 is 9.47 Å². The van der Waals surface area contributed by atoms with E-state index in [1.165, 1.54) is 13.3 Å². The molecule has 122 valence electrons. The first-order valence-corrected chi connectivity index (χ1v) is 7.26. The number of fused-ring (bicyclic) bond motifs is 3. The number of nitrogens with zero attached hydrogens (tertiary/aromatic N) is 1. The number of halogens is 4. The average Bonchev–Trinajstić information content (AvgIpc) is 2.49. The molecule has 0 fully saturated rings. The summed E-state index contributed by atoms with van der Waals surface area (Å²) in [5.74, 6) is 0.377. The fourth-order valence-electron chi connectivity index (χ4n) is 2.58. The van der Waals surface area contributed by atoms with Gasteiger partial charge in [-0.3, -0.25) is 0 Å². The van der Waals surface area contributed by atoms with E-state index in [2.05, 4.69) is 4.98 Å². The molecule has 0 saturated carbocycles. The lowest BCUT2D eigenvalue weighted by Gasteiger charge is -2.26. The predicted molar refractivity (Wildman–Crippen MR) is 79.6 cm³/mol. The summed E-state index contributed by atoms with van der Waals surface area (Å²) in [5.41, 5.74) is 2.44. The molecule has 1 aromatic carbocycles. The number of rotatable bonds is 1. The van der Waals surface area contributed by atoms with E-state index in [1.54, 1.807) is 24.3 Å². The second-order valence-corrected chi connectivity index (χ2v) is 5.67. The van der Waals surface area contributed by atoms with Gasteiger partial charge in [-0.15, -0.1) is 0 Å². The van der Waals surface area contributed by atoms with Crippen LogP contribution in [0.3, 0.4) is 0 Å². The van der Waals surface area contributed by atoms with Crippen LogP contribution in [0.25, 0.3) is 11.1 Å². The second-order valence-electron chi connectivity index (χ2n) is 5.23. The van der Waals surface area contributed by atoms with Gasteiger partial charge in [0.2, 0.25) is 5.88 Å². The number of aromatic nitrogens is 1. The van der Waals surface area contributed by atoms with Gasteiger partial charge in [-0.1, -0.05) is 17.7 Å². The third-order valence-corrected chi connectivity index (χ3v) is 3.98. The van der Waals surface area contributed by atoms with Gasteiger partial charge in [0, 0.05) is 29.3 Å². The SMILES string of the molecule is COc1cc2c(cn1)COC(C(F)(F)F)Cc1ccc(Cl)cc1-2. The highest BCUT2D eigenvalue weighted by atomic mass is 35.5. The monoisotopic (exact) mass is 343 g/mol. The first-order valence-electron chi connectivity index (χ1n) is 6.88. The van der Waals surface area contributed by atoms with Gasteiger partial charge in [-0.05, 0) is 28.8 Å². The summed E-state index contributed by atoms with van der Waals surface area (Å²) in [5, 5.41) is 0.454. The van der Waals surface area contributed by atoms with Gasteiger partial charge >= 0.3 is 6.18 Å². The predicted octanol–water partition coefficient (Wildman–Crippen LogP) is 4.41. The van der Waals surface area contributed by atoms with E-state index in [4.69, 9.17) is 21.1 Å². The van der Waals surface area contributed by atoms with Crippen LogP contribution in [0.15, 0.2) is 30.5 Å². The number of alkyl halides is 3. The van der Waals surface area contributed by atoms with Crippen LogP contribution in [-0.4, -0.2) is 24.4 Å². The van der Waals surface area contributed by atoms with E-state index in [1.807, 2.05) is 0 Å². The van der Waals surface area contributed by atoms with Crippen molar-refractivity contribution < 1.29 is 22.6 Å². The van der Waals surface area contributed by atoms with Crippen LogP contribution < -0.4 is 4.74 Å². The summed E-state index contributed by atoms with van der Waals surface area (Å²) in [6.07, 6.45) is -5.09. The molecular formula is C16H13ClF3NO2. The van der Waals surface area contributed by atoms with Crippen LogP contribution in [-0.2, 0) is 17.8 Å². The molecule has 1 aliphatic rings. The van der Waals surface area contributed by atoms with E-state index >= 15 is 0 Å². The lowest BCUT2D eigenvalue weighted by atomic mass is 9.92. The summed E-state index contributed by atoms with van der Waals surface area (Å²) in [6.45, 7) is -0.178. The minimum Gasteiger partial charge on any atom is -0.481 e. The number of methoxy groups -OCH3 is 1. The average molecular weight is 344 g/mol. The van der Waals surface area contributed by atoms with Crippen LogP contribution in [0.4, 0.5) is 13.2 Å². The molecule has 1 atom stereocenters. The van der Waals surface area contributed by atoms with Crippen LogP contribution in [0.5, 0.6) is 5.88 Å². The van der Waals surface area contributed by atoms with Crippen molar-refractivity contribution in [2.24, 2.45) is 0 Å². The molecule has 0 bridgehead atoms. The van der Waals surface area contributed by atoms with Gasteiger partial charge in [-0.2, -0.15) is 13.2 Å². The Balaban J connectivity index is 2.16. The maximum Gasteiger partial charge on any atom is 0.414 e. The van der Waals surface area contributed by atoms with E-state index in [0.29, 0.717) is 27.6 Å². The van der Waals surface area contributed by atoms with Crippen molar-refractivity contribution in [2.75, 3.05) is 7.11 Å². The fourth-order valence-corrected chi connectivity index (χ4v) is 2.75. The summed E-state index contributed by atoms with van der Waals surface area (Å²) < 4.78 is 49.6. The minimum absolute atomic E-state index is 0.178. The number of hydrogen-bond acceptors (Lipinski definition) is 3. The van der Waals surface area contributed by atoms with Gasteiger partial charge in [-0.25, -0.2) is 4.98 Å². The van der Waals surface area contributed by atoms with Crippen LogP contribution in [0.2, 0.25) is 5.02 Å². The van der Waals surface area contributed by atoms with Crippen molar-refractivity contribution in [3.63, 3.8) is 0 Å². The summed E-state index contributed by atoms with van der Waals surface area (Å²) >= 11 is 6.04. The van der Waals surface area contributed by atoms with Gasteiger partial charge in [0.05, 0.1) is 13.7 Å². The number of ether oxygens (including phenoxy) is 2. The zero-order valence-corrected chi connectivity index (χ0v) is 12.9. The maximum atomic E-state index is 13.1. The van der Waals surface area contributed by atoms with E-state index < -0.39 is 12.3 Å². The minimum atomic E-state index is -4.44. The molecule has 0 saturated heterocycles. The van der Waals surface area contributed by atoms with Gasteiger partial charge in [0.1, 0.15) is 0 Å². The normalized spacial score (nSPS) is 17.7. The Morgan fingerprint density at radius 1 is 1.22 bits per heavy atom. The van der Waals surface area contributed by atoms with Crippen molar-refractivity contribution in [1.29, 1.82) is 0 Å². The zero-order chi connectivity index (χ0) is 16.6. The van der Waals surface area contributed by atoms with Crippen molar-refractivity contribution >= 4 is 11.6 Å². The van der Waals surface area contributed by atoms with E-state index in [9.17, 15) is 13.2 Å². The molecule has 0 N–H and O–H groups in total. The van der Waals surface area contributed by atoms with Gasteiger partial charge in [0.15, 0.2) is 6.10 Å². The third kappa shape index (κ3) is 3.28. The molecule has 1 unspecified atom stereocenters. The van der Waals surface area contributed by atoms with Crippen molar-refractivity contribution in [2.45, 2.75) is 25.3 Å². The molecule has 7 heteroatoms. The van der Waals surface area contributed by atoms with Crippen LogP contribution in [0.1, 0.15) is 11.1 Å². The lowest BCUT2D eigenvalue weighted by molar-refractivity contribution is -0.223. The molecule has 1 aliphatic heterocycles. The van der Waals surface area contributed by atoms with Gasteiger partial charge in [0.25, 0.3) is 0 Å². The Labute approximate surface area is 136 Å². The second kappa shape index (κ2) is 6.02. The van der Waals surface area contributed by atoms with Crippen molar-refractivity contribution in [1.82, 2.24) is 4.98 Å².